The van der Waals surface area contributed by atoms with E-state index in [0.29, 0.717) is 30.8 Å². The van der Waals surface area contributed by atoms with Crippen LogP contribution in [0.15, 0.2) is 29.3 Å². The number of phenols is 1. The van der Waals surface area contributed by atoms with Gasteiger partial charge in [-0.2, -0.15) is 0 Å². The summed E-state index contributed by atoms with van der Waals surface area (Å²) in [6.07, 6.45) is 6.51. The molecular formula is C21H25N5O3. The van der Waals surface area contributed by atoms with Gasteiger partial charge in [-0.1, -0.05) is 6.07 Å². The molecule has 1 aliphatic carbocycles. The largest absolute Gasteiger partial charge is 0.506 e. The van der Waals surface area contributed by atoms with E-state index in [1.54, 1.807) is 30.0 Å². The molecule has 0 saturated carbocycles. The summed E-state index contributed by atoms with van der Waals surface area (Å²) in [5.74, 6) is 5.62. The molecule has 4 N–H and O–H groups in total. The minimum absolute atomic E-state index is 0.0376. The zero-order valence-electron chi connectivity index (χ0n) is 16.4. The lowest BCUT2D eigenvalue weighted by atomic mass is 9.91. The number of aryl methyl sites for hydroxylation is 1. The number of hydrogen-bond acceptors (Lipinski definition) is 6. The van der Waals surface area contributed by atoms with Crippen LogP contribution < -0.4 is 16.8 Å². The fourth-order valence-corrected chi connectivity index (χ4v) is 4.16. The fraction of sp³-hybridized carbons (Fsp3) is 0.381. The van der Waals surface area contributed by atoms with Crippen molar-refractivity contribution in [1.29, 1.82) is 0 Å². The average molecular weight is 395 g/mol. The van der Waals surface area contributed by atoms with Crippen LogP contribution in [-0.4, -0.2) is 38.6 Å². The maximum Gasteiger partial charge on any atom is 0.261 e. The van der Waals surface area contributed by atoms with E-state index in [-0.39, 0.29) is 23.3 Å². The summed E-state index contributed by atoms with van der Waals surface area (Å²) in [6.45, 7) is 2.90. The number of piperidine rings is 1. The maximum atomic E-state index is 13.2. The highest BCUT2D eigenvalue weighted by molar-refractivity contribution is 5.85. The SMILES string of the molecule is CC(=O)N1CCC(n2cnc3c(c2=O)C=C(c2ccc(O)c(NN)c2)CC3)CC1. The van der Waals surface area contributed by atoms with Gasteiger partial charge in [-0.25, -0.2) is 4.98 Å². The van der Waals surface area contributed by atoms with Crippen LogP contribution in [-0.2, 0) is 11.2 Å². The maximum absolute atomic E-state index is 13.2. The van der Waals surface area contributed by atoms with Gasteiger partial charge in [0.1, 0.15) is 5.75 Å². The molecule has 2 heterocycles. The Balaban J connectivity index is 1.65. The first kappa shape index (κ1) is 19.2. The van der Waals surface area contributed by atoms with Gasteiger partial charge in [0.15, 0.2) is 0 Å². The van der Waals surface area contributed by atoms with Crippen molar-refractivity contribution >= 4 is 23.2 Å². The van der Waals surface area contributed by atoms with E-state index in [0.717, 1.165) is 36.1 Å². The standard InChI is InChI=1S/C21H25N5O3/c1-13(27)25-8-6-16(7-9-25)26-12-23-18-4-2-14(10-17(18)21(26)29)15-3-5-20(28)19(11-15)24-22/h3,5,10-12,16,24,28H,2,4,6-9,22H2,1H3. The van der Waals surface area contributed by atoms with Gasteiger partial charge >= 0.3 is 0 Å². The molecule has 0 bridgehead atoms. The third kappa shape index (κ3) is 3.63. The number of nitrogen functional groups attached to an aromatic ring is 1. The molecule has 8 nitrogen and oxygen atoms in total. The first-order chi connectivity index (χ1) is 14.0. The number of nitrogens with two attached hydrogens (primary N) is 1. The quantitative estimate of drug-likeness (QED) is 0.416. The molecule has 0 unspecified atom stereocenters. The van der Waals surface area contributed by atoms with E-state index < -0.39 is 0 Å². The van der Waals surface area contributed by atoms with E-state index in [1.165, 1.54) is 0 Å². The molecule has 1 aromatic heterocycles. The summed E-state index contributed by atoms with van der Waals surface area (Å²) < 4.78 is 1.72. The summed E-state index contributed by atoms with van der Waals surface area (Å²) in [4.78, 5) is 31.1. The minimum Gasteiger partial charge on any atom is -0.506 e. The number of hydrazine groups is 1. The molecule has 1 saturated heterocycles. The molecule has 1 aromatic carbocycles. The second kappa shape index (κ2) is 7.71. The van der Waals surface area contributed by atoms with Gasteiger partial charge in [0.2, 0.25) is 5.91 Å². The Morgan fingerprint density at radius 3 is 2.72 bits per heavy atom. The monoisotopic (exact) mass is 395 g/mol. The highest BCUT2D eigenvalue weighted by atomic mass is 16.3. The smallest absolute Gasteiger partial charge is 0.261 e. The Labute approximate surface area is 168 Å². The van der Waals surface area contributed by atoms with Gasteiger partial charge in [-0.15, -0.1) is 0 Å². The number of aromatic nitrogens is 2. The normalized spacial score (nSPS) is 16.9. The molecule has 0 spiro atoms. The number of phenolic OH excluding ortho intramolecular Hbond substituents is 1. The summed E-state index contributed by atoms with van der Waals surface area (Å²) in [7, 11) is 0. The lowest BCUT2D eigenvalue weighted by Gasteiger charge is -2.32. The van der Waals surface area contributed by atoms with Crippen molar-refractivity contribution in [1.82, 2.24) is 14.5 Å². The van der Waals surface area contributed by atoms with Crippen LogP contribution >= 0.6 is 0 Å². The number of hydrogen-bond donors (Lipinski definition) is 3. The molecule has 1 fully saturated rings. The molecule has 1 amide bonds. The van der Waals surface area contributed by atoms with E-state index in [9.17, 15) is 14.7 Å². The summed E-state index contributed by atoms with van der Waals surface area (Å²) in [6, 6.07) is 5.24. The van der Waals surface area contributed by atoms with Gasteiger partial charge < -0.3 is 15.4 Å². The Bertz CT molecular complexity index is 1040. The number of carbonyl (C=O) groups excluding carboxylic acids is 1. The zero-order chi connectivity index (χ0) is 20.5. The predicted molar refractivity (Wildman–Crippen MR) is 111 cm³/mol. The first-order valence-corrected chi connectivity index (χ1v) is 9.84. The van der Waals surface area contributed by atoms with E-state index in [2.05, 4.69) is 10.4 Å². The number of amides is 1. The molecule has 2 aromatic rings. The van der Waals surface area contributed by atoms with E-state index >= 15 is 0 Å². The summed E-state index contributed by atoms with van der Waals surface area (Å²) in [5.41, 5.74) is 6.24. The molecule has 1 aliphatic heterocycles. The molecular weight excluding hydrogens is 370 g/mol. The van der Waals surface area contributed by atoms with E-state index in [4.69, 9.17) is 5.84 Å². The van der Waals surface area contributed by atoms with Crippen LogP contribution in [0, 0.1) is 0 Å². The molecule has 0 radical (unpaired) electrons. The first-order valence-electron chi connectivity index (χ1n) is 9.84. The third-order valence-electron chi connectivity index (χ3n) is 5.89. The number of allylic oxidation sites excluding steroid dienone is 1. The van der Waals surface area contributed by atoms with Crippen molar-refractivity contribution in [2.75, 3.05) is 18.5 Å². The summed E-state index contributed by atoms with van der Waals surface area (Å²) in [5, 5.41) is 9.82. The number of benzene rings is 1. The topological polar surface area (TPSA) is 113 Å². The Kier molecular flexibility index (Phi) is 5.10. The van der Waals surface area contributed by atoms with Crippen LogP contribution in [0.3, 0.4) is 0 Å². The Hall–Kier alpha value is -3.13. The van der Waals surface area contributed by atoms with Crippen molar-refractivity contribution in [2.24, 2.45) is 5.84 Å². The number of nitrogens with zero attached hydrogens (tertiary/aromatic N) is 3. The zero-order valence-corrected chi connectivity index (χ0v) is 16.4. The van der Waals surface area contributed by atoms with Gasteiger partial charge in [0.25, 0.3) is 5.56 Å². The number of likely N-dealkylation sites (tertiary alicyclic amines) is 1. The van der Waals surface area contributed by atoms with Gasteiger partial charge in [-0.05, 0) is 55.0 Å². The van der Waals surface area contributed by atoms with Crippen molar-refractivity contribution in [3.8, 4) is 5.75 Å². The van der Waals surface area contributed by atoms with Crippen molar-refractivity contribution in [3.63, 3.8) is 0 Å². The van der Waals surface area contributed by atoms with Gasteiger partial charge in [-0.3, -0.25) is 20.0 Å². The van der Waals surface area contributed by atoms with Gasteiger partial charge in [0, 0.05) is 26.1 Å². The highest BCUT2D eigenvalue weighted by Gasteiger charge is 2.25. The molecule has 4 rings (SSSR count). The second-order valence-electron chi connectivity index (χ2n) is 7.60. The number of nitrogens with one attached hydrogen (secondary N) is 1. The number of fused-ring (bicyclic) bond motifs is 1. The van der Waals surface area contributed by atoms with Crippen LogP contribution in [0.5, 0.6) is 5.75 Å². The number of anilines is 1. The van der Waals surface area contributed by atoms with Gasteiger partial charge in [0.05, 0.1) is 23.3 Å². The second-order valence-corrected chi connectivity index (χ2v) is 7.60. The molecule has 152 valence electrons. The predicted octanol–water partition coefficient (Wildman–Crippen LogP) is 1.90. The van der Waals surface area contributed by atoms with Crippen LogP contribution in [0.4, 0.5) is 5.69 Å². The van der Waals surface area contributed by atoms with Crippen LogP contribution in [0.2, 0.25) is 0 Å². The average Bonchev–Trinajstić information content (AvgIpc) is 2.74. The summed E-state index contributed by atoms with van der Waals surface area (Å²) >= 11 is 0. The number of carbonyl (C=O) groups is 1. The lowest BCUT2D eigenvalue weighted by molar-refractivity contribution is -0.130. The number of rotatable bonds is 3. The van der Waals surface area contributed by atoms with Crippen molar-refractivity contribution < 1.29 is 9.90 Å². The minimum atomic E-state index is -0.0376. The molecule has 29 heavy (non-hydrogen) atoms. The van der Waals surface area contributed by atoms with Crippen LogP contribution in [0.1, 0.15) is 49.0 Å². The molecule has 0 atom stereocenters. The van der Waals surface area contributed by atoms with Crippen LogP contribution in [0.25, 0.3) is 11.6 Å². The third-order valence-corrected chi connectivity index (χ3v) is 5.89. The Morgan fingerprint density at radius 1 is 1.28 bits per heavy atom. The number of aromatic hydroxyl groups is 1. The highest BCUT2D eigenvalue weighted by Crippen LogP contribution is 2.32. The van der Waals surface area contributed by atoms with Crippen molar-refractivity contribution in [3.05, 3.63) is 51.7 Å². The molecule has 8 heteroatoms. The Morgan fingerprint density at radius 2 is 2.03 bits per heavy atom. The fourth-order valence-electron chi connectivity index (χ4n) is 4.16. The van der Waals surface area contributed by atoms with E-state index in [1.807, 2.05) is 17.0 Å². The lowest BCUT2D eigenvalue weighted by Crippen LogP contribution is -2.40. The molecule has 2 aliphatic rings. The van der Waals surface area contributed by atoms with Crippen molar-refractivity contribution in [2.45, 2.75) is 38.6 Å².